The summed E-state index contributed by atoms with van der Waals surface area (Å²) in [5.74, 6) is -0.136. The van der Waals surface area contributed by atoms with E-state index >= 15 is 0 Å². The van der Waals surface area contributed by atoms with Crippen molar-refractivity contribution in [2.45, 2.75) is 57.6 Å². The van der Waals surface area contributed by atoms with Gasteiger partial charge >= 0.3 is 0 Å². The molecule has 1 aliphatic rings. The number of rotatable bonds is 7. The second kappa shape index (κ2) is 7.83. The summed E-state index contributed by atoms with van der Waals surface area (Å²) in [4.78, 5) is 12.6. The summed E-state index contributed by atoms with van der Waals surface area (Å²) >= 11 is 0. The van der Waals surface area contributed by atoms with E-state index in [1.54, 1.807) is 6.20 Å². The van der Waals surface area contributed by atoms with Crippen LogP contribution in [0.15, 0.2) is 36.5 Å². The fourth-order valence-corrected chi connectivity index (χ4v) is 3.54. The molecule has 1 fully saturated rings. The summed E-state index contributed by atoms with van der Waals surface area (Å²) in [6.07, 6.45) is 7.00. The Kier molecular flexibility index (Phi) is 5.53. The molecule has 1 heterocycles. The number of carbonyl (C=O) groups excluding carboxylic acids is 1. The number of nitrogens with zero attached hydrogens (tertiary/aromatic N) is 2. The van der Waals surface area contributed by atoms with Crippen LogP contribution in [0, 0.1) is 0 Å². The number of hydrogen-bond acceptors (Lipinski definition) is 3. The van der Waals surface area contributed by atoms with E-state index in [0.29, 0.717) is 18.7 Å². The SMILES string of the molecule is CCCc1c(C(=O)NCC2(O)CCCC2)cnn1Cc1ccccc1. The topological polar surface area (TPSA) is 67.2 Å². The van der Waals surface area contributed by atoms with E-state index in [1.807, 2.05) is 22.9 Å². The zero-order valence-electron chi connectivity index (χ0n) is 14.9. The van der Waals surface area contributed by atoms with Crippen molar-refractivity contribution in [3.05, 3.63) is 53.3 Å². The molecule has 25 heavy (non-hydrogen) atoms. The van der Waals surface area contributed by atoms with Crippen molar-refractivity contribution >= 4 is 5.91 Å². The third-order valence-electron chi connectivity index (χ3n) is 4.97. The number of amides is 1. The lowest BCUT2D eigenvalue weighted by Crippen LogP contribution is -2.41. The highest BCUT2D eigenvalue weighted by atomic mass is 16.3. The Labute approximate surface area is 149 Å². The van der Waals surface area contributed by atoms with Gasteiger partial charge in [0.1, 0.15) is 0 Å². The van der Waals surface area contributed by atoms with Crippen molar-refractivity contribution in [1.29, 1.82) is 0 Å². The average molecular weight is 341 g/mol. The van der Waals surface area contributed by atoms with Crippen LogP contribution in [0.5, 0.6) is 0 Å². The Balaban J connectivity index is 1.72. The Hall–Kier alpha value is -2.14. The van der Waals surface area contributed by atoms with Gasteiger partial charge in [-0.15, -0.1) is 0 Å². The highest BCUT2D eigenvalue weighted by Crippen LogP contribution is 2.28. The van der Waals surface area contributed by atoms with E-state index in [4.69, 9.17) is 0 Å². The molecular formula is C20H27N3O2. The van der Waals surface area contributed by atoms with Gasteiger partial charge in [0.15, 0.2) is 0 Å². The highest BCUT2D eigenvalue weighted by Gasteiger charge is 2.31. The molecule has 0 unspecified atom stereocenters. The van der Waals surface area contributed by atoms with Gasteiger partial charge in [-0.25, -0.2) is 0 Å². The fraction of sp³-hybridized carbons (Fsp3) is 0.500. The molecule has 0 spiro atoms. The van der Waals surface area contributed by atoms with Gasteiger partial charge in [-0.05, 0) is 24.8 Å². The first-order valence-electron chi connectivity index (χ1n) is 9.20. The maximum absolute atomic E-state index is 12.6. The van der Waals surface area contributed by atoms with Gasteiger partial charge in [0.25, 0.3) is 5.91 Å². The second-order valence-electron chi connectivity index (χ2n) is 7.01. The van der Waals surface area contributed by atoms with Crippen molar-refractivity contribution in [2.75, 3.05) is 6.54 Å². The Morgan fingerprint density at radius 2 is 2.00 bits per heavy atom. The van der Waals surface area contributed by atoms with E-state index in [1.165, 1.54) is 0 Å². The number of aliphatic hydroxyl groups is 1. The summed E-state index contributed by atoms with van der Waals surface area (Å²) in [5, 5.41) is 17.8. The largest absolute Gasteiger partial charge is 0.388 e. The minimum absolute atomic E-state index is 0.136. The summed E-state index contributed by atoms with van der Waals surface area (Å²) in [7, 11) is 0. The molecule has 0 aliphatic heterocycles. The Morgan fingerprint density at radius 3 is 2.68 bits per heavy atom. The van der Waals surface area contributed by atoms with Crippen LogP contribution < -0.4 is 5.32 Å². The maximum atomic E-state index is 12.6. The minimum atomic E-state index is -0.736. The lowest BCUT2D eigenvalue weighted by Gasteiger charge is -2.22. The molecule has 5 nitrogen and oxygen atoms in total. The summed E-state index contributed by atoms with van der Waals surface area (Å²) in [5.41, 5.74) is 2.01. The number of nitrogens with one attached hydrogen (secondary N) is 1. The zero-order chi connectivity index (χ0) is 17.7. The van der Waals surface area contributed by atoms with Crippen LogP contribution in [0.3, 0.4) is 0 Å². The number of aromatic nitrogens is 2. The van der Waals surface area contributed by atoms with E-state index < -0.39 is 5.60 Å². The van der Waals surface area contributed by atoms with E-state index in [0.717, 1.165) is 49.8 Å². The molecule has 0 radical (unpaired) electrons. The van der Waals surface area contributed by atoms with Crippen LogP contribution in [0.4, 0.5) is 0 Å². The quantitative estimate of drug-likeness (QED) is 0.814. The van der Waals surface area contributed by atoms with Gasteiger partial charge in [0.05, 0.1) is 29.6 Å². The lowest BCUT2D eigenvalue weighted by molar-refractivity contribution is 0.0449. The van der Waals surface area contributed by atoms with Gasteiger partial charge in [-0.3, -0.25) is 9.48 Å². The first-order valence-corrected chi connectivity index (χ1v) is 9.20. The summed E-state index contributed by atoms with van der Waals surface area (Å²) < 4.78 is 1.91. The molecule has 2 aromatic rings. The maximum Gasteiger partial charge on any atom is 0.254 e. The molecule has 1 aromatic heterocycles. The molecule has 1 saturated carbocycles. The van der Waals surface area contributed by atoms with Crippen LogP contribution >= 0.6 is 0 Å². The van der Waals surface area contributed by atoms with Crippen molar-refractivity contribution in [3.8, 4) is 0 Å². The molecule has 134 valence electrons. The third kappa shape index (κ3) is 4.28. The molecule has 2 N–H and O–H groups in total. The van der Waals surface area contributed by atoms with E-state index in [2.05, 4.69) is 29.5 Å². The summed E-state index contributed by atoms with van der Waals surface area (Å²) in [6, 6.07) is 10.1. The van der Waals surface area contributed by atoms with Crippen molar-refractivity contribution in [1.82, 2.24) is 15.1 Å². The molecule has 0 atom stereocenters. The van der Waals surface area contributed by atoms with Crippen LogP contribution in [0.2, 0.25) is 0 Å². The molecular weight excluding hydrogens is 314 g/mol. The van der Waals surface area contributed by atoms with Crippen molar-refractivity contribution in [2.24, 2.45) is 0 Å². The standard InChI is InChI=1S/C20H27N3O2/c1-2-8-18-17(19(24)21-15-20(25)11-6-7-12-20)13-22-23(18)14-16-9-4-3-5-10-16/h3-5,9-10,13,25H,2,6-8,11-12,14-15H2,1H3,(H,21,24). The third-order valence-corrected chi connectivity index (χ3v) is 4.97. The Morgan fingerprint density at radius 1 is 1.28 bits per heavy atom. The second-order valence-corrected chi connectivity index (χ2v) is 7.01. The molecule has 1 aliphatic carbocycles. The van der Waals surface area contributed by atoms with Crippen molar-refractivity contribution < 1.29 is 9.90 Å². The van der Waals surface area contributed by atoms with Gasteiger partial charge in [-0.1, -0.05) is 56.5 Å². The van der Waals surface area contributed by atoms with Crippen molar-refractivity contribution in [3.63, 3.8) is 0 Å². The smallest absolute Gasteiger partial charge is 0.254 e. The van der Waals surface area contributed by atoms with Crippen LogP contribution in [-0.4, -0.2) is 32.9 Å². The average Bonchev–Trinajstić information content (AvgIpc) is 3.22. The predicted octanol–water partition coefficient (Wildman–Crippen LogP) is 2.92. The highest BCUT2D eigenvalue weighted by molar-refractivity contribution is 5.95. The predicted molar refractivity (Wildman–Crippen MR) is 97.5 cm³/mol. The number of carbonyl (C=O) groups is 1. The monoisotopic (exact) mass is 341 g/mol. The molecule has 1 amide bonds. The molecule has 3 rings (SSSR count). The first kappa shape index (κ1) is 17.7. The molecule has 5 heteroatoms. The van der Waals surface area contributed by atoms with Gasteiger partial charge in [0.2, 0.25) is 0 Å². The van der Waals surface area contributed by atoms with Gasteiger partial charge in [-0.2, -0.15) is 5.10 Å². The molecule has 1 aromatic carbocycles. The normalized spacial score (nSPS) is 16.1. The summed E-state index contributed by atoms with van der Waals surface area (Å²) in [6.45, 7) is 3.08. The number of benzene rings is 1. The first-order chi connectivity index (χ1) is 12.1. The van der Waals surface area contributed by atoms with Crippen LogP contribution in [-0.2, 0) is 13.0 Å². The van der Waals surface area contributed by atoms with Gasteiger partial charge < -0.3 is 10.4 Å². The van der Waals surface area contributed by atoms with E-state index in [-0.39, 0.29) is 5.91 Å². The van der Waals surface area contributed by atoms with Crippen LogP contribution in [0.1, 0.15) is 60.6 Å². The van der Waals surface area contributed by atoms with Gasteiger partial charge in [0, 0.05) is 6.54 Å². The minimum Gasteiger partial charge on any atom is -0.388 e. The lowest BCUT2D eigenvalue weighted by atomic mass is 10.0. The zero-order valence-corrected chi connectivity index (χ0v) is 14.9. The number of hydrogen-bond donors (Lipinski definition) is 2. The van der Waals surface area contributed by atoms with E-state index in [9.17, 15) is 9.90 Å². The Bertz CT molecular complexity index is 703. The fourth-order valence-electron chi connectivity index (χ4n) is 3.54. The van der Waals surface area contributed by atoms with Crippen LogP contribution in [0.25, 0.3) is 0 Å². The molecule has 0 saturated heterocycles. The molecule has 0 bridgehead atoms.